The molecule has 4 rings (SSSR count). The van der Waals surface area contributed by atoms with Gasteiger partial charge in [-0.15, -0.1) is 0 Å². The molecule has 0 saturated heterocycles. The number of nitrogens with one attached hydrogen (secondary N) is 1. The van der Waals surface area contributed by atoms with Gasteiger partial charge in [-0.1, -0.05) is 29.4 Å². The van der Waals surface area contributed by atoms with Crippen LogP contribution in [0.4, 0.5) is 0 Å². The van der Waals surface area contributed by atoms with Crippen LogP contribution in [0, 0.1) is 0 Å². The number of H-pyrrole nitrogens is 1. The van der Waals surface area contributed by atoms with Gasteiger partial charge in [0.15, 0.2) is 0 Å². The molecular formula is C16H10N4O2. The van der Waals surface area contributed by atoms with E-state index in [0.717, 1.165) is 10.8 Å². The van der Waals surface area contributed by atoms with Gasteiger partial charge in [0.05, 0.1) is 0 Å². The third-order valence-electron chi connectivity index (χ3n) is 3.34. The first-order valence-electron chi connectivity index (χ1n) is 6.68. The second kappa shape index (κ2) is 4.92. The van der Waals surface area contributed by atoms with Crippen molar-refractivity contribution in [3.63, 3.8) is 0 Å². The Labute approximate surface area is 124 Å². The van der Waals surface area contributed by atoms with Gasteiger partial charge in [-0.3, -0.25) is 9.78 Å². The van der Waals surface area contributed by atoms with E-state index in [1.165, 1.54) is 6.07 Å². The fourth-order valence-electron chi connectivity index (χ4n) is 2.28. The van der Waals surface area contributed by atoms with Crippen LogP contribution in [0.5, 0.6) is 0 Å². The van der Waals surface area contributed by atoms with E-state index in [0.29, 0.717) is 23.0 Å². The Hall–Kier alpha value is -3.28. The van der Waals surface area contributed by atoms with Crippen LogP contribution in [-0.4, -0.2) is 20.1 Å². The molecule has 0 fully saturated rings. The van der Waals surface area contributed by atoms with Gasteiger partial charge in [0, 0.05) is 29.4 Å². The van der Waals surface area contributed by atoms with Gasteiger partial charge in [-0.2, -0.15) is 4.98 Å². The van der Waals surface area contributed by atoms with Crippen molar-refractivity contribution >= 4 is 10.8 Å². The molecule has 1 N–H and O–H groups in total. The summed E-state index contributed by atoms with van der Waals surface area (Å²) in [5, 5.41) is 5.95. The summed E-state index contributed by atoms with van der Waals surface area (Å²) in [4.78, 5) is 22.4. The van der Waals surface area contributed by atoms with E-state index >= 15 is 0 Å². The Kier molecular flexibility index (Phi) is 2.79. The number of fused-ring (bicyclic) bond motifs is 1. The van der Waals surface area contributed by atoms with Crippen LogP contribution in [0.1, 0.15) is 0 Å². The number of nitrogens with zero attached hydrogens (tertiary/aromatic N) is 3. The van der Waals surface area contributed by atoms with Gasteiger partial charge in [0.25, 0.3) is 5.89 Å². The molecule has 0 atom stereocenters. The SMILES string of the molecule is O=c1ccc(-c2noc(-c3nccc4ccccc34)n2)c[nH]1. The molecule has 0 unspecified atom stereocenters. The first kappa shape index (κ1) is 12.5. The minimum absolute atomic E-state index is 0.178. The molecule has 106 valence electrons. The average Bonchev–Trinajstić information content (AvgIpc) is 3.05. The van der Waals surface area contributed by atoms with Gasteiger partial charge in [-0.25, -0.2) is 0 Å². The molecule has 0 amide bonds. The van der Waals surface area contributed by atoms with Gasteiger partial charge in [-0.05, 0) is 17.5 Å². The van der Waals surface area contributed by atoms with E-state index in [2.05, 4.69) is 20.1 Å². The number of aromatic nitrogens is 4. The van der Waals surface area contributed by atoms with Crippen molar-refractivity contribution in [1.29, 1.82) is 0 Å². The maximum Gasteiger partial charge on any atom is 0.277 e. The van der Waals surface area contributed by atoms with Gasteiger partial charge in [0.1, 0.15) is 5.69 Å². The van der Waals surface area contributed by atoms with Crippen molar-refractivity contribution in [2.24, 2.45) is 0 Å². The quantitative estimate of drug-likeness (QED) is 0.613. The van der Waals surface area contributed by atoms with Crippen molar-refractivity contribution in [2.45, 2.75) is 0 Å². The molecule has 0 aliphatic rings. The van der Waals surface area contributed by atoms with Crippen LogP contribution < -0.4 is 5.56 Å². The molecule has 3 heterocycles. The summed E-state index contributed by atoms with van der Waals surface area (Å²) in [6.07, 6.45) is 3.26. The second-order valence-corrected chi connectivity index (χ2v) is 4.75. The van der Waals surface area contributed by atoms with Gasteiger partial charge < -0.3 is 9.51 Å². The van der Waals surface area contributed by atoms with Crippen molar-refractivity contribution < 1.29 is 4.52 Å². The minimum atomic E-state index is -0.178. The highest BCUT2D eigenvalue weighted by molar-refractivity contribution is 5.92. The zero-order valence-electron chi connectivity index (χ0n) is 11.4. The van der Waals surface area contributed by atoms with Gasteiger partial charge >= 0.3 is 0 Å². The minimum Gasteiger partial charge on any atom is -0.332 e. The Morgan fingerprint density at radius 2 is 1.95 bits per heavy atom. The lowest BCUT2D eigenvalue weighted by Gasteiger charge is -2.00. The lowest BCUT2D eigenvalue weighted by molar-refractivity contribution is 0.431. The molecule has 4 aromatic rings. The monoisotopic (exact) mass is 290 g/mol. The Balaban J connectivity index is 1.83. The van der Waals surface area contributed by atoms with E-state index < -0.39 is 0 Å². The second-order valence-electron chi connectivity index (χ2n) is 4.75. The van der Waals surface area contributed by atoms with Crippen LogP contribution in [0.2, 0.25) is 0 Å². The fraction of sp³-hybridized carbons (Fsp3) is 0. The molecule has 6 heteroatoms. The molecule has 1 aromatic carbocycles. The van der Waals surface area contributed by atoms with Crippen LogP contribution >= 0.6 is 0 Å². The number of benzene rings is 1. The van der Waals surface area contributed by atoms with Crippen LogP contribution in [0.15, 0.2) is 64.2 Å². The molecule has 0 aliphatic carbocycles. The number of hydrogen-bond donors (Lipinski definition) is 1. The van der Waals surface area contributed by atoms with E-state index in [1.54, 1.807) is 18.5 Å². The predicted octanol–water partition coefficient (Wildman–Crippen LogP) is 2.64. The molecule has 3 aromatic heterocycles. The van der Waals surface area contributed by atoms with E-state index in [1.807, 2.05) is 30.3 Å². The Morgan fingerprint density at radius 3 is 2.82 bits per heavy atom. The zero-order valence-corrected chi connectivity index (χ0v) is 11.4. The third-order valence-corrected chi connectivity index (χ3v) is 3.34. The molecule has 0 bridgehead atoms. The summed E-state index contributed by atoms with van der Waals surface area (Å²) < 4.78 is 5.33. The zero-order chi connectivity index (χ0) is 14.9. The number of pyridine rings is 2. The molecule has 0 spiro atoms. The molecule has 0 radical (unpaired) electrons. The number of rotatable bonds is 2. The summed E-state index contributed by atoms with van der Waals surface area (Å²) in [5.41, 5.74) is 1.14. The predicted molar refractivity (Wildman–Crippen MR) is 81.1 cm³/mol. The summed E-state index contributed by atoms with van der Waals surface area (Å²) in [5.74, 6) is 0.749. The summed E-state index contributed by atoms with van der Waals surface area (Å²) in [7, 11) is 0. The first-order valence-corrected chi connectivity index (χ1v) is 6.68. The van der Waals surface area contributed by atoms with E-state index in [9.17, 15) is 4.79 Å². The summed E-state index contributed by atoms with van der Waals surface area (Å²) in [6, 6.07) is 12.9. The molecule has 0 saturated carbocycles. The van der Waals surface area contributed by atoms with Gasteiger partial charge in [0.2, 0.25) is 11.4 Å². The number of hydrogen-bond acceptors (Lipinski definition) is 5. The fourth-order valence-corrected chi connectivity index (χ4v) is 2.28. The Morgan fingerprint density at radius 1 is 1.05 bits per heavy atom. The van der Waals surface area contributed by atoms with Crippen molar-refractivity contribution in [3.8, 4) is 23.0 Å². The lowest BCUT2D eigenvalue weighted by Crippen LogP contribution is -2.01. The molecule has 6 nitrogen and oxygen atoms in total. The van der Waals surface area contributed by atoms with Crippen molar-refractivity contribution in [3.05, 3.63) is 65.2 Å². The highest BCUT2D eigenvalue weighted by atomic mass is 16.5. The maximum atomic E-state index is 11.1. The summed E-state index contributed by atoms with van der Waals surface area (Å²) >= 11 is 0. The highest BCUT2D eigenvalue weighted by Crippen LogP contribution is 2.26. The molecular weight excluding hydrogens is 280 g/mol. The van der Waals surface area contributed by atoms with E-state index in [4.69, 9.17) is 4.52 Å². The lowest BCUT2D eigenvalue weighted by atomic mass is 10.1. The standard InChI is InChI=1S/C16H10N4O2/c21-13-6-5-11(9-18-13)15-19-16(22-20-15)14-12-4-2-1-3-10(12)7-8-17-14/h1-9H,(H,18,21). The molecule has 0 aliphatic heterocycles. The smallest absolute Gasteiger partial charge is 0.277 e. The van der Waals surface area contributed by atoms with Crippen molar-refractivity contribution in [2.75, 3.05) is 0 Å². The summed E-state index contributed by atoms with van der Waals surface area (Å²) in [6.45, 7) is 0. The van der Waals surface area contributed by atoms with Crippen LogP contribution in [-0.2, 0) is 0 Å². The topological polar surface area (TPSA) is 84.7 Å². The highest BCUT2D eigenvalue weighted by Gasteiger charge is 2.14. The maximum absolute atomic E-state index is 11.1. The third kappa shape index (κ3) is 2.07. The Bertz CT molecular complexity index is 994. The van der Waals surface area contributed by atoms with Crippen molar-refractivity contribution in [1.82, 2.24) is 20.1 Å². The van der Waals surface area contributed by atoms with Crippen LogP contribution in [0.25, 0.3) is 33.7 Å². The normalized spacial score (nSPS) is 10.9. The largest absolute Gasteiger partial charge is 0.332 e. The number of aromatic amines is 1. The first-order chi connectivity index (χ1) is 10.8. The average molecular weight is 290 g/mol. The van der Waals surface area contributed by atoms with E-state index in [-0.39, 0.29) is 5.56 Å². The van der Waals surface area contributed by atoms with Crippen LogP contribution in [0.3, 0.4) is 0 Å². The molecule has 22 heavy (non-hydrogen) atoms.